The van der Waals surface area contributed by atoms with Crippen molar-refractivity contribution in [2.75, 3.05) is 47.9 Å². The number of likely N-dealkylation sites (tertiary alicyclic amines) is 1. The average molecular weight is 460 g/mol. The van der Waals surface area contributed by atoms with E-state index in [0.29, 0.717) is 12.3 Å². The maximum absolute atomic E-state index is 13.5. The largest absolute Gasteiger partial charge is 0.487 e. The maximum Gasteiger partial charge on any atom is 0.235 e. The van der Waals surface area contributed by atoms with Gasteiger partial charge in [0.2, 0.25) is 11.8 Å². The summed E-state index contributed by atoms with van der Waals surface area (Å²) in [6.45, 7) is 2.31. The SMILES string of the molecule is COc1ccc(-c2cc([C@@H]3[C@@H]4C(=O)N(CCC[N+](C)(C)C)C(=O)[C@@H]4[C@H]4CCCN43)no2)s1. The second kappa shape index (κ2) is 7.97. The Bertz CT molecular complexity index is 1030. The number of carbonyl (C=O) groups excluding carboxylic acids is 2. The van der Waals surface area contributed by atoms with Crippen LogP contribution in [-0.4, -0.2) is 85.2 Å². The molecule has 2 amide bonds. The van der Waals surface area contributed by atoms with Crippen molar-refractivity contribution in [3.63, 3.8) is 0 Å². The van der Waals surface area contributed by atoms with Gasteiger partial charge >= 0.3 is 0 Å². The van der Waals surface area contributed by atoms with Crippen molar-refractivity contribution >= 4 is 23.2 Å². The Morgan fingerprint density at radius 2 is 2.00 bits per heavy atom. The molecule has 0 radical (unpaired) electrons. The van der Waals surface area contributed by atoms with Gasteiger partial charge in [0.05, 0.1) is 57.6 Å². The van der Waals surface area contributed by atoms with E-state index in [-0.39, 0.29) is 35.7 Å². The van der Waals surface area contributed by atoms with E-state index >= 15 is 0 Å². The fourth-order valence-corrected chi connectivity index (χ4v) is 6.42. The minimum Gasteiger partial charge on any atom is -0.487 e. The van der Waals surface area contributed by atoms with Gasteiger partial charge < -0.3 is 13.7 Å². The minimum absolute atomic E-state index is 0.00696. The minimum atomic E-state index is -0.368. The number of thiophene rings is 1. The van der Waals surface area contributed by atoms with Crippen LogP contribution in [0.5, 0.6) is 5.06 Å². The van der Waals surface area contributed by atoms with E-state index in [4.69, 9.17) is 9.26 Å². The Balaban J connectivity index is 1.41. The van der Waals surface area contributed by atoms with Crippen molar-refractivity contribution in [2.45, 2.75) is 31.3 Å². The molecule has 8 nitrogen and oxygen atoms in total. The Labute approximate surface area is 192 Å². The fourth-order valence-electron chi connectivity index (χ4n) is 5.65. The van der Waals surface area contributed by atoms with Gasteiger partial charge in [0.1, 0.15) is 5.69 Å². The van der Waals surface area contributed by atoms with Crippen molar-refractivity contribution in [1.82, 2.24) is 15.0 Å². The van der Waals surface area contributed by atoms with Crippen LogP contribution < -0.4 is 4.74 Å². The summed E-state index contributed by atoms with van der Waals surface area (Å²) in [4.78, 5) is 31.6. The smallest absolute Gasteiger partial charge is 0.235 e. The number of methoxy groups -OCH3 is 1. The summed E-state index contributed by atoms with van der Waals surface area (Å²) < 4.78 is 11.8. The van der Waals surface area contributed by atoms with E-state index in [1.807, 2.05) is 18.2 Å². The highest BCUT2D eigenvalue weighted by molar-refractivity contribution is 7.17. The molecule has 3 fully saturated rings. The summed E-state index contributed by atoms with van der Waals surface area (Å²) in [6.07, 6.45) is 2.81. The van der Waals surface area contributed by atoms with Gasteiger partial charge in [-0.3, -0.25) is 19.4 Å². The average Bonchev–Trinajstić information content (AvgIpc) is 3.52. The summed E-state index contributed by atoms with van der Waals surface area (Å²) in [5.41, 5.74) is 0.751. The first kappa shape index (κ1) is 21.6. The van der Waals surface area contributed by atoms with Crippen LogP contribution in [0.3, 0.4) is 0 Å². The second-order valence-electron chi connectivity index (χ2n) is 10.1. The summed E-state index contributed by atoms with van der Waals surface area (Å²) >= 11 is 1.49. The molecule has 3 aliphatic rings. The lowest BCUT2D eigenvalue weighted by atomic mass is 9.86. The van der Waals surface area contributed by atoms with Crippen molar-refractivity contribution in [3.05, 3.63) is 23.9 Å². The number of carbonyl (C=O) groups is 2. The fraction of sp³-hybridized carbons (Fsp3) is 0.609. The molecule has 9 heteroatoms. The topological polar surface area (TPSA) is 75.9 Å². The third-order valence-corrected chi connectivity index (χ3v) is 8.07. The number of hydrogen-bond acceptors (Lipinski definition) is 7. The van der Waals surface area contributed by atoms with Crippen LogP contribution in [0.2, 0.25) is 0 Å². The van der Waals surface area contributed by atoms with Gasteiger partial charge in [-0.2, -0.15) is 0 Å². The first-order chi connectivity index (χ1) is 15.3. The van der Waals surface area contributed by atoms with Gasteiger partial charge in [-0.1, -0.05) is 16.5 Å². The zero-order valence-electron chi connectivity index (χ0n) is 19.1. The quantitative estimate of drug-likeness (QED) is 0.468. The molecule has 172 valence electrons. The molecule has 3 saturated heterocycles. The summed E-state index contributed by atoms with van der Waals surface area (Å²) in [7, 11) is 8.02. The molecule has 0 spiro atoms. The second-order valence-corrected chi connectivity index (χ2v) is 11.1. The highest BCUT2D eigenvalue weighted by Gasteiger charge is 2.63. The van der Waals surface area contributed by atoms with E-state index in [1.165, 1.54) is 16.2 Å². The van der Waals surface area contributed by atoms with Crippen molar-refractivity contribution in [2.24, 2.45) is 11.8 Å². The monoisotopic (exact) mass is 459 g/mol. The predicted octanol–water partition coefficient (Wildman–Crippen LogP) is 2.63. The van der Waals surface area contributed by atoms with E-state index in [1.54, 1.807) is 7.11 Å². The van der Waals surface area contributed by atoms with Crippen LogP contribution in [0.25, 0.3) is 10.6 Å². The standard InChI is InChI=1S/C23H31N4O4S/c1-27(2,3)12-6-11-26-22(28)19-15-7-5-10-25(15)21(20(19)23(26)29)14-13-16(31-24-14)17-8-9-18(30-4)32-17/h8-9,13,15,19-21H,5-7,10-12H2,1-4H3/q+1/t15-,19-,20-,21-/m1/s1. The number of ether oxygens (including phenoxy) is 1. The molecule has 0 unspecified atom stereocenters. The van der Waals surface area contributed by atoms with Gasteiger partial charge in [0.25, 0.3) is 0 Å². The van der Waals surface area contributed by atoms with Crippen molar-refractivity contribution in [3.8, 4) is 15.7 Å². The van der Waals surface area contributed by atoms with Crippen LogP contribution in [0, 0.1) is 11.8 Å². The number of nitrogens with zero attached hydrogens (tertiary/aromatic N) is 4. The van der Waals surface area contributed by atoms with Crippen molar-refractivity contribution in [1.29, 1.82) is 0 Å². The number of rotatable bonds is 7. The molecule has 3 aliphatic heterocycles. The lowest BCUT2D eigenvalue weighted by Crippen LogP contribution is -2.42. The van der Waals surface area contributed by atoms with Gasteiger partial charge in [-0.05, 0) is 31.5 Å². The molecule has 5 rings (SSSR count). The molecule has 0 aliphatic carbocycles. The Kier molecular flexibility index (Phi) is 5.38. The van der Waals surface area contributed by atoms with Gasteiger partial charge in [0.15, 0.2) is 10.8 Å². The van der Waals surface area contributed by atoms with Gasteiger partial charge in [-0.15, -0.1) is 0 Å². The van der Waals surface area contributed by atoms with Crippen LogP contribution in [0.1, 0.15) is 31.0 Å². The predicted molar refractivity (Wildman–Crippen MR) is 120 cm³/mol. The third kappa shape index (κ3) is 3.56. The lowest BCUT2D eigenvalue weighted by Gasteiger charge is -2.28. The molecule has 32 heavy (non-hydrogen) atoms. The van der Waals surface area contributed by atoms with E-state index in [9.17, 15) is 9.59 Å². The van der Waals surface area contributed by atoms with E-state index < -0.39 is 0 Å². The number of hydrogen-bond donors (Lipinski definition) is 0. The van der Waals surface area contributed by atoms with Crippen LogP contribution in [-0.2, 0) is 9.59 Å². The number of imide groups is 1. The molecule has 0 N–H and O–H groups in total. The highest BCUT2D eigenvalue weighted by atomic mass is 32.1. The molecule has 0 bridgehead atoms. The Morgan fingerprint density at radius 3 is 2.72 bits per heavy atom. The first-order valence-electron chi connectivity index (χ1n) is 11.3. The summed E-state index contributed by atoms with van der Waals surface area (Å²) in [5, 5.41) is 5.18. The normalized spacial score (nSPS) is 27.9. The third-order valence-electron chi connectivity index (χ3n) is 7.01. The molecule has 5 heterocycles. The van der Waals surface area contributed by atoms with Crippen molar-refractivity contribution < 1.29 is 23.3 Å². The Hall–Kier alpha value is -2.23. The number of amides is 2. The highest BCUT2D eigenvalue weighted by Crippen LogP contribution is 2.53. The molecular formula is C23H31N4O4S+. The van der Waals surface area contributed by atoms with Crippen LogP contribution in [0.4, 0.5) is 0 Å². The zero-order chi connectivity index (χ0) is 22.6. The van der Waals surface area contributed by atoms with E-state index in [2.05, 4.69) is 31.2 Å². The number of fused-ring (bicyclic) bond motifs is 3. The number of quaternary nitrogens is 1. The molecular weight excluding hydrogens is 428 g/mol. The lowest BCUT2D eigenvalue weighted by molar-refractivity contribution is -0.870. The molecule has 0 aromatic carbocycles. The van der Waals surface area contributed by atoms with Crippen LogP contribution in [0.15, 0.2) is 22.7 Å². The van der Waals surface area contributed by atoms with Gasteiger partial charge in [0, 0.05) is 25.1 Å². The summed E-state index contributed by atoms with van der Waals surface area (Å²) in [6, 6.07) is 5.70. The molecule has 4 atom stereocenters. The molecule has 2 aromatic heterocycles. The van der Waals surface area contributed by atoms with Crippen LogP contribution >= 0.6 is 11.3 Å². The van der Waals surface area contributed by atoms with Gasteiger partial charge in [-0.25, -0.2) is 0 Å². The maximum atomic E-state index is 13.5. The number of aromatic nitrogens is 1. The van der Waals surface area contributed by atoms with E-state index in [0.717, 1.165) is 52.5 Å². The first-order valence-corrected chi connectivity index (χ1v) is 12.1. The molecule has 0 saturated carbocycles. The Morgan fingerprint density at radius 1 is 1.22 bits per heavy atom. The molecule has 2 aromatic rings. The zero-order valence-corrected chi connectivity index (χ0v) is 19.9. The summed E-state index contributed by atoms with van der Waals surface area (Å²) in [5.74, 6) is 0.00796.